The lowest BCUT2D eigenvalue weighted by Gasteiger charge is -2.26. The van der Waals surface area contributed by atoms with Gasteiger partial charge in [0.05, 0.1) is 19.7 Å². The third-order valence-corrected chi connectivity index (χ3v) is 3.39. The second kappa shape index (κ2) is 9.34. The molecule has 0 N–H and O–H groups in total. The Morgan fingerprint density at radius 3 is 2.67 bits per heavy atom. The first kappa shape index (κ1) is 17.4. The summed E-state index contributed by atoms with van der Waals surface area (Å²) in [6.45, 7) is 9.23. The van der Waals surface area contributed by atoms with E-state index in [9.17, 15) is 9.59 Å². The Kier molecular flexibility index (Phi) is 7.75. The fraction of sp³-hybridized carbons (Fsp3) is 0.625. The van der Waals surface area contributed by atoms with Crippen LogP contribution < -0.4 is 0 Å². The van der Waals surface area contributed by atoms with Crippen LogP contribution in [0, 0.1) is 0 Å². The number of esters is 1. The van der Waals surface area contributed by atoms with Crippen LogP contribution in [0.4, 0.5) is 0 Å². The van der Waals surface area contributed by atoms with Crippen LogP contribution >= 0.6 is 0 Å². The van der Waals surface area contributed by atoms with Gasteiger partial charge in [-0.3, -0.25) is 14.5 Å². The number of amides is 1. The molecule has 1 aliphatic rings. The molecule has 1 rings (SSSR count). The zero-order valence-corrected chi connectivity index (χ0v) is 13.1. The summed E-state index contributed by atoms with van der Waals surface area (Å²) >= 11 is 0. The average Bonchev–Trinajstić information content (AvgIpc) is 2.94. The molecule has 0 atom stereocenters. The van der Waals surface area contributed by atoms with Gasteiger partial charge in [0.2, 0.25) is 5.91 Å². The lowest BCUT2D eigenvalue weighted by atomic mass is 10.3. The zero-order chi connectivity index (χ0) is 15.7. The number of hydrogen-bond donors (Lipinski definition) is 0. The number of allylic oxidation sites excluding steroid dienone is 2. The van der Waals surface area contributed by atoms with Gasteiger partial charge in [0.1, 0.15) is 0 Å². The third-order valence-electron chi connectivity index (χ3n) is 3.39. The summed E-state index contributed by atoms with van der Waals surface area (Å²) in [6, 6.07) is 0. The van der Waals surface area contributed by atoms with Gasteiger partial charge in [-0.1, -0.05) is 12.2 Å². The molecule has 0 spiro atoms. The van der Waals surface area contributed by atoms with Gasteiger partial charge in [0, 0.05) is 18.8 Å². The smallest absolute Gasteiger partial charge is 0.320 e. The molecule has 0 heterocycles. The summed E-state index contributed by atoms with van der Waals surface area (Å²) in [4.78, 5) is 27.6. The van der Waals surface area contributed by atoms with Crippen molar-refractivity contribution in [2.24, 2.45) is 0 Å². The fourth-order valence-electron chi connectivity index (χ4n) is 2.47. The lowest BCUT2D eigenvalue weighted by molar-refractivity contribution is -0.144. The Balaban J connectivity index is 2.61. The Morgan fingerprint density at radius 2 is 2.14 bits per heavy atom. The molecule has 118 valence electrons. The molecule has 0 aromatic carbocycles. The van der Waals surface area contributed by atoms with Crippen LogP contribution in [0.1, 0.15) is 33.1 Å². The van der Waals surface area contributed by atoms with Crippen molar-refractivity contribution < 1.29 is 14.3 Å². The molecule has 0 aromatic heterocycles. The maximum absolute atomic E-state index is 12.4. The summed E-state index contributed by atoms with van der Waals surface area (Å²) in [5.41, 5.74) is 1.11. The van der Waals surface area contributed by atoms with Crippen molar-refractivity contribution in [2.75, 3.05) is 32.8 Å². The van der Waals surface area contributed by atoms with E-state index in [-0.39, 0.29) is 25.0 Å². The van der Waals surface area contributed by atoms with Crippen LogP contribution in [0.5, 0.6) is 0 Å². The van der Waals surface area contributed by atoms with Gasteiger partial charge in [0.25, 0.3) is 0 Å². The monoisotopic (exact) mass is 294 g/mol. The van der Waals surface area contributed by atoms with Gasteiger partial charge >= 0.3 is 5.97 Å². The molecular weight excluding hydrogens is 268 g/mol. The molecule has 0 radical (unpaired) electrons. The van der Waals surface area contributed by atoms with E-state index < -0.39 is 0 Å². The molecule has 5 heteroatoms. The van der Waals surface area contributed by atoms with Crippen LogP contribution in [-0.2, 0) is 14.3 Å². The summed E-state index contributed by atoms with van der Waals surface area (Å²) in [7, 11) is 0. The standard InChI is InChI=1S/C16H26N2O3/c1-4-11-17(13-16(20)21-6-3)12-15(19)18(5-2)14-9-7-8-10-14/h4,9H,1,5-8,10-13H2,2-3H3. The van der Waals surface area contributed by atoms with Gasteiger partial charge in [-0.2, -0.15) is 0 Å². The SMILES string of the molecule is C=CCN(CC(=O)OCC)CC(=O)N(CC)C1=CCCC1. The minimum atomic E-state index is -0.310. The number of carbonyl (C=O) groups excluding carboxylic acids is 2. The number of rotatable bonds is 9. The van der Waals surface area contributed by atoms with Crippen molar-refractivity contribution in [3.63, 3.8) is 0 Å². The summed E-state index contributed by atoms with van der Waals surface area (Å²) in [6.07, 6.45) is 6.93. The predicted octanol–water partition coefficient (Wildman–Crippen LogP) is 1.95. The van der Waals surface area contributed by atoms with E-state index >= 15 is 0 Å². The molecule has 1 aliphatic carbocycles. The number of likely N-dealkylation sites (N-methyl/N-ethyl adjacent to an activating group) is 1. The summed E-state index contributed by atoms with van der Waals surface area (Å²) in [5, 5.41) is 0. The van der Waals surface area contributed by atoms with E-state index in [2.05, 4.69) is 12.7 Å². The van der Waals surface area contributed by atoms with E-state index in [1.807, 2.05) is 11.8 Å². The molecule has 0 fully saturated rings. The molecule has 1 amide bonds. The maximum atomic E-state index is 12.4. The molecule has 0 saturated heterocycles. The van der Waals surface area contributed by atoms with Crippen molar-refractivity contribution in [3.05, 3.63) is 24.4 Å². The van der Waals surface area contributed by atoms with Crippen LogP contribution in [-0.4, -0.2) is 54.5 Å². The molecule has 21 heavy (non-hydrogen) atoms. The second-order valence-electron chi connectivity index (χ2n) is 4.99. The van der Waals surface area contributed by atoms with E-state index in [1.54, 1.807) is 17.9 Å². The van der Waals surface area contributed by atoms with Crippen molar-refractivity contribution in [1.29, 1.82) is 0 Å². The maximum Gasteiger partial charge on any atom is 0.320 e. The van der Waals surface area contributed by atoms with Crippen molar-refractivity contribution >= 4 is 11.9 Å². The Labute approximate surface area is 127 Å². The third kappa shape index (κ3) is 5.71. The normalized spacial score (nSPS) is 14.0. The lowest BCUT2D eigenvalue weighted by Crippen LogP contribution is -2.42. The number of nitrogens with zero attached hydrogens (tertiary/aromatic N) is 2. The summed E-state index contributed by atoms with van der Waals surface area (Å²) in [5.74, 6) is -0.285. The highest BCUT2D eigenvalue weighted by Gasteiger charge is 2.21. The molecule has 0 aliphatic heterocycles. The van der Waals surface area contributed by atoms with Gasteiger partial charge in [-0.15, -0.1) is 6.58 Å². The zero-order valence-electron chi connectivity index (χ0n) is 13.1. The first-order valence-electron chi connectivity index (χ1n) is 7.60. The minimum Gasteiger partial charge on any atom is -0.465 e. The first-order valence-corrected chi connectivity index (χ1v) is 7.60. The predicted molar refractivity (Wildman–Crippen MR) is 82.6 cm³/mol. The quantitative estimate of drug-likeness (QED) is 0.482. The van der Waals surface area contributed by atoms with Crippen LogP contribution in [0.2, 0.25) is 0 Å². The largest absolute Gasteiger partial charge is 0.465 e. The van der Waals surface area contributed by atoms with Crippen molar-refractivity contribution in [3.8, 4) is 0 Å². The fourth-order valence-corrected chi connectivity index (χ4v) is 2.47. The van der Waals surface area contributed by atoms with Gasteiger partial charge in [-0.25, -0.2) is 0 Å². The minimum absolute atomic E-state index is 0.0248. The van der Waals surface area contributed by atoms with Gasteiger partial charge in [0.15, 0.2) is 0 Å². The Bertz CT molecular complexity index is 404. The van der Waals surface area contributed by atoms with Crippen molar-refractivity contribution in [2.45, 2.75) is 33.1 Å². The van der Waals surface area contributed by atoms with Crippen LogP contribution in [0.3, 0.4) is 0 Å². The van der Waals surface area contributed by atoms with E-state index in [4.69, 9.17) is 4.74 Å². The number of hydrogen-bond acceptors (Lipinski definition) is 4. The van der Waals surface area contributed by atoms with E-state index in [1.165, 1.54) is 0 Å². The highest BCUT2D eigenvalue weighted by molar-refractivity contribution is 5.81. The van der Waals surface area contributed by atoms with Crippen molar-refractivity contribution in [1.82, 2.24) is 9.80 Å². The van der Waals surface area contributed by atoms with Gasteiger partial charge < -0.3 is 9.64 Å². The second-order valence-corrected chi connectivity index (χ2v) is 4.99. The van der Waals surface area contributed by atoms with E-state index in [0.717, 1.165) is 25.0 Å². The molecule has 0 aromatic rings. The molecular formula is C16H26N2O3. The molecule has 0 saturated carbocycles. The highest BCUT2D eigenvalue weighted by atomic mass is 16.5. The molecule has 0 bridgehead atoms. The van der Waals surface area contributed by atoms with E-state index in [0.29, 0.717) is 19.7 Å². The number of ether oxygens (including phenoxy) is 1. The Morgan fingerprint density at radius 1 is 1.38 bits per heavy atom. The summed E-state index contributed by atoms with van der Waals surface area (Å²) < 4.78 is 4.94. The topological polar surface area (TPSA) is 49.9 Å². The van der Waals surface area contributed by atoms with Crippen LogP contribution in [0.15, 0.2) is 24.4 Å². The van der Waals surface area contributed by atoms with Crippen LogP contribution in [0.25, 0.3) is 0 Å². The molecule has 0 unspecified atom stereocenters. The Hall–Kier alpha value is -1.62. The number of carbonyl (C=O) groups is 2. The highest BCUT2D eigenvalue weighted by Crippen LogP contribution is 2.21. The first-order chi connectivity index (χ1) is 10.1. The average molecular weight is 294 g/mol. The molecule has 5 nitrogen and oxygen atoms in total. The van der Waals surface area contributed by atoms with Gasteiger partial charge in [-0.05, 0) is 33.1 Å².